The van der Waals surface area contributed by atoms with Gasteiger partial charge in [-0.05, 0) is 18.2 Å². The van der Waals surface area contributed by atoms with Crippen LogP contribution in [-0.2, 0) is 13.6 Å². The van der Waals surface area contributed by atoms with Crippen LogP contribution in [0.1, 0.15) is 16.1 Å². The second-order valence-electron chi connectivity index (χ2n) is 5.37. The fraction of sp³-hybridized carbons (Fsp3) is 0.222. The first-order valence-electron chi connectivity index (χ1n) is 7.54. The minimum Gasteiger partial charge on any atom is -0.497 e. The summed E-state index contributed by atoms with van der Waals surface area (Å²) in [5.41, 5.74) is 2.34. The summed E-state index contributed by atoms with van der Waals surface area (Å²) < 4.78 is 12.2. The van der Waals surface area contributed by atoms with Gasteiger partial charge in [-0.1, -0.05) is 18.2 Å². The van der Waals surface area contributed by atoms with Crippen molar-refractivity contribution in [2.24, 2.45) is 7.05 Å². The van der Waals surface area contributed by atoms with Crippen LogP contribution in [0.5, 0.6) is 11.5 Å². The first kappa shape index (κ1) is 15.9. The molecule has 0 unspecified atom stereocenters. The minimum absolute atomic E-state index is 0.207. The van der Waals surface area contributed by atoms with Crippen molar-refractivity contribution in [3.63, 3.8) is 0 Å². The molecule has 0 spiro atoms. The van der Waals surface area contributed by atoms with Gasteiger partial charge in [-0.15, -0.1) is 0 Å². The molecule has 0 saturated heterocycles. The highest BCUT2D eigenvalue weighted by molar-refractivity contribution is 5.95. The number of methoxy groups -OCH3 is 2. The van der Waals surface area contributed by atoms with E-state index in [9.17, 15) is 4.79 Å². The number of nitrogens with zero attached hydrogens (tertiary/aromatic N) is 2. The number of hydrogen-bond donors (Lipinski definition) is 1. The summed E-state index contributed by atoms with van der Waals surface area (Å²) >= 11 is 0. The number of para-hydroxylation sites is 1. The summed E-state index contributed by atoms with van der Waals surface area (Å²) in [6.07, 6.45) is 0. The van der Waals surface area contributed by atoms with Crippen LogP contribution in [0.2, 0.25) is 0 Å². The van der Waals surface area contributed by atoms with Gasteiger partial charge in [0.15, 0.2) is 0 Å². The van der Waals surface area contributed by atoms with Crippen LogP contribution in [0, 0.1) is 0 Å². The SMILES string of the molecule is COc1cc(OC)cc(C(=O)NCc2nn(C)c3ccccc23)c1. The average molecular weight is 325 g/mol. The van der Waals surface area contributed by atoms with Crippen LogP contribution in [0.4, 0.5) is 0 Å². The van der Waals surface area contributed by atoms with E-state index >= 15 is 0 Å². The Morgan fingerprint density at radius 1 is 1.12 bits per heavy atom. The number of ether oxygens (including phenoxy) is 2. The molecule has 2 aromatic carbocycles. The highest BCUT2D eigenvalue weighted by Crippen LogP contribution is 2.23. The summed E-state index contributed by atoms with van der Waals surface area (Å²) in [4.78, 5) is 12.4. The average Bonchev–Trinajstić information content (AvgIpc) is 2.95. The van der Waals surface area contributed by atoms with Crippen LogP contribution < -0.4 is 14.8 Å². The van der Waals surface area contributed by atoms with Crippen LogP contribution in [0.3, 0.4) is 0 Å². The van der Waals surface area contributed by atoms with Gasteiger partial charge in [-0.25, -0.2) is 0 Å². The number of benzene rings is 2. The van der Waals surface area contributed by atoms with Gasteiger partial charge in [0.2, 0.25) is 0 Å². The maximum Gasteiger partial charge on any atom is 0.251 e. The van der Waals surface area contributed by atoms with Gasteiger partial charge >= 0.3 is 0 Å². The summed E-state index contributed by atoms with van der Waals surface area (Å²) in [5.74, 6) is 0.938. The van der Waals surface area contributed by atoms with Gasteiger partial charge < -0.3 is 14.8 Å². The Kier molecular flexibility index (Phi) is 4.37. The lowest BCUT2D eigenvalue weighted by molar-refractivity contribution is 0.0950. The zero-order valence-corrected chi connectivity index (χ0v) is 13.9. The van der Waals surface area contributed by atoms with Crippen molar-refractivity contribution in [3.8, 4) is 11.5 Å². The molecule has 3 aromatic rings. The van der Waals surface area contributed by atoms with E-state index in [1.54, 1.807) is 32.4 Å². The normalized spacial score (nSPS) is 10.6. The summed E-state index contributed by atoms with van der Waals surface area (Å²) in [6, 6.07) is 13.0. The van der Waals surface area contributed by atoms with Gasteiger partial charge in [-0.2, -0.15) is 5.10 Å². The van der Waals surface area contributed by atoms with E-state index in [2.05, 4.69) is 10.4 Å². The Bertz CT molecular complexity index is 864. The molecule has 24 heavy (non-hydrogen) atoms. The highest BCUT2D eigenvalue weighted by atomic mass is 16.5. The third kappa shape index (κ3) is 3.03. The van der Waals surface area contributed by atoms with E-state index in [1.165, 1.54) is 0 Å². The molecular weight excluding hydrogens is 306 g/mol. The third-order valence-electron chi connectivity index (χ3n) is 3.86. The molecule has 0 atom stereocenters. The quantitative estimate of drug-likeness (QED) is 0.783. The molecule has 1 amide bonds. The van der Waals surface area contributed by atoms with E-state index in [1.807, 2.05) is 36.0 Å². The van der Waals surface area contributed by atoms with Crippen molar-refractivity contribution in [1.29, 1.82) is 0 Å². The van der Waals surface area contributed by atoms with Crippen LogP contribution >= 0.6 is 0 Å². The molecule has 6 nitrogen and oxygen atoms in total. The fourth-order valence-corrected chi connectivity index (χ4v) is 2.62. The van der Waals surface area contributed by atoms with Crippen LogP contribution in [0.25, 0.3) is 10.9 Å². The second-order valence-corrected chi connectivity index (χ2v) is 5.37. The fourth-order valence-electron chi connectivity index (χ4n) is 2.62. The van der Waals surface area contributed by atoms with Gasteiger partial charge in [0.05, 0.1) is 32.0 Å². The number of aryl methyl sites for hydroxylation is 1. The summed E-state index contributed by atoms with van der Waals surface area (Å²) in [7, 11) is 4.99. The van der Waals surface area contributed by atoms with Crippen molar-refractivity contribution in [2.75, 3.05) is 14.2 Å². The van der Waals surface area contributed by atoms with Crippen LogP contribution in [-0.4, -0.2) is 29.9 Å². The largest absolute Gasteiger partial charge is 0.497 e. The number of fused-ring (bicyclic) bond motifs is 1. The lowest BCUT2D eigenvalue weighted by atomic mass is 10.1. The number of aromatic nitrogens is 2. The van der Waals surface area contributed by atoms with Crippen LogP contribution in [0.15, 0.2) is 42.5 Å². The third-order valence-corrected chi connectivity index (χ3v) is 3.86. The molecule has 3 rings (SSSR count). The van der Waals surface area contributed by atoms with E-state index in [0.717, 1.165) is 16.6 Å². The Balaban J connectivity index is 1.80. The molecule has 1 N–H and O–H groups in total. The topological polar surface area (TPSA) is 65.4 Å². The lowest BCUT2D eigenvalue weighted by Crippen LogP contribution is -2.23. The molecule has 0 aliphatic rings. The molecule has 6 heteroatoms. The summed E-state index contributed by atoms with van der Waals surface area (Å²) in [6.45, 7) is 0.347. The predicted octanol–water partition coefficient (Wildman–Crippen LogP) is 2.52. The Labute approximate surface area is 140 Å². The number of nitrogens with one attached hydrogen (secondary N) is 1. The van der Waals surface area contributed by atoms with Crippen molar-refractivity contribution in [1.82, 2.24) is 15.1 Å². The zero-order chi connectivity index (χ0) is 17.1. The molecule has 0 aliphatic carbocycles. The predicted molar refractivity (Wildman–Crippen MR) is 91.4 cm³/mol. The number of amides is 1. The zero-order valence-electron chi connectivity index (χ0n) is 13.9. The van der Waals surface area contributed by atoms with E-state index in [-0.39, 0.29) is 5.91 Å². The Morgan fingerprint density at radius 3 is 2.46 bits per heavy atom. The molecule has 1 aromatic heterocycles. The maximum absolute atomic E-state index is 12.4. The van der Waals surface area contributed by atoms with Gasteiger partial charge in [-0.3, -0.25) is 9.48 Å². The smallest absolute Gasteiger partial charge is 0.251 e. The minimum atomic E-state index is -0.207. The van der Waals surface area contributed by atoms with E-state index in [0.29, 0.717) is 23.6 Å². The maximum atomic E-state index is 12.4. The molecule has 0 aliphatic heterocycles. The van der Waals surface area contributed by atoms with Gasteiger partial charge in [0, 0.05) is 24.1 Å². The number of carbonyl (C=O) groups is 1. The number of hydrogen-bond acceptors (Lipinski definition) is 4. The summed E-state index contributed by atoms with van der Waals surface area (Å²) in [5, 5.41) is 8.40. The first-order valence-corrected chi connectivity index (χ1v) is 7.54. The first-order chi connectivity index (χ1) is 11.6. The molecule has 124 valence electrons. The monoisotopic (exact) mass is 325 g/mol. The van der Waals surface area contributed by atoms with Crippen molar-refractivity contribution >= 4 is 16.8 Å². The molecule has 1 heterocycles. The Morgan fingerprint density at radius 2 is 1.79 bits per heavy atom. The van der Waals surface area contributed by atoms with Gasteiger partial charge in [0.1, 0.15) is 11.5 Å². The second kappa shape index (κ2) is 6.62. The van der Waals surface area contributed by atoms with Crippen molar-refractivity contribution in [3.05, 3.63) is 53.7 Å². The lowest BCUT2D eigenvalue weighted by Gasteiger charge is -2.08. The standard InChI is InChI=1S/C18H19N3O3/c1-21-17-7-5-4-6-15(17)16(20-21)11-19-18(22)12-8-13(23-2)10-14(9-12)24-3/h4-10H,11H2,1-3H3,(H,19,22). The molecule has 0 bridgehead atoms. The Hall–Kier alpha value is -3.02. The van der Waals surface area contributed by atoms with E-state index < -0.39 is 0 Å². The number of rotatable bonds is 5. The number of carbonyl (C=O) groups excluding carboxylic acids is 1. The molecule has 0 fully saturated rings. The highest BCUT2D eigenvalue weighted by Gasteiger charge is 2.12. The molecular formula is C18H19N3O3. The van der Waals surface area contributed by atoms with E-state index in [4.69, 9.17) is 9.47 Å². The van der Waals surface area contributed by atoms with Crippen molar-refractivity contribution in [2.45, 2.75) is 6.54 Å². The molecule has 0 radical (unpaired) electrons. The van der Waals surface area contributed by atoms with Gasteiger partial charge in [0.25, 0.3) is 5.91 Å². The van der Waals surface area contributed by atoms with Crippen molar-refractivity contribution < 1.29 is 14.3 Å². The molecule has 0 saturated carbocycles.